The number of hydrogen-bond donors (Lipinski definition) is 0. The maximum absolute atomic E-state index is 13.0. The van der Waals surface area contributed by atoms with Crippen LogP contribution >= 0.6 is 23.1 Å². The summed E-state index contributed by atoms with van der Waals surface area (Å²) < 4.78 is 40.0. The van der Waals surface area contributed by atoms with E-state index in [0.717, 1.165) is 10.3 Å². The Bertz CT molecular complexity index is 759. The lowest BCUT2D eigenvalue weighted by Gasteiger charge is -2.10. The second-order valence-electron chi connectivity index (χ2n) is 4.18. The van der Waals surface area contributed by atoms with Crippen LogP contribution in [0.5, 0.6) is 0 Å². The van der Waals surface area contributed by atoms with Gasteiger partial charge in [0.1, 0.15) is 10.7 Å². The van der Waals surface area contributed by atoms with Crippen LogP contribution in [0.2, 0.25) is 0 Å². The van der Waals surface area contributed by atoms with Gasteiger partial charge >= 0.3 is 6.18 Å². The fourth-order valence-electron chi connectivity index (χ4n) is 1.68. The first kappa shape index (κ1) is 15.0. The first-order valence-corrected chi connectivity index (χ1v) is 7.80. The van der Waals surface area contributed by atoms with Gasteiger partial charge < -0.3 is 0 Å². The molecule has 3 heterocycles. The molecule has 3 aromatic rings. The van der Waals surface area contributed by atoms with E-state index >= 15 is 0 Å². The number of halogens is 3. The zero-order valence-corrected chi connectivity index (χ0v) is 12.5. The Morgan fingerprint density at radius 1 is 1.05 bits per heavy atom. The summed E-state index contributed by atoms with van der Waals surface area (Å²) in [7, 11) is 0. The Labute approximate surface area is 132 Å². The zero-order chi connectivity index (χ0) is 15.6. The lowest BCUT2D eigenvalue weighted by atomic mass is 10.2. The van der Waals surface area contributed by atoms with E-state index in [-0.39, 0.29) is 10.9 Å². The van der Waals surface area contributed by atoms with Crippen molar-refractivity contribution < 1.29 is 13.2 Å². The molecular weight excluding hydrogens is 331 g/mol. The highest BCUT2D eigenvalue weighted by atomic mass is 32.2. The van der Waals surface area contributed by atoms with Gasteiger partial charge in [-0.15, -0.1) is 11.3 Å². The van der Waals surface area contributed by atoms with Crippen molar-refractivity contribution in [2.45, 2.75) is 15.4 Å². The Morgan fingerprint density at radius 3 is 2.45 bits per heavy atom. The van der Waals surface area contributed by atoms with Crippen LogP contribution < -0.4 is 0 Å². The van der Waals surface area contributed by atoms with E-state index in [4.69, 9.17) is 0 Å². The molecule has 8 heteroatoms. The van der Waals surface area contributed by atoms with E-state index in [1.54, 1.807) is 12.1 Å². The van der Waals surface area contributed by atoms with Gasteiger partial charge in [0.15, 0.2) is 5.82 Å². The Kier molecular flexibility index (Phi) is 4.12. The van der Waals surface area contributed by atoms with Crippen LogP contribution in [-0.4, -0.2) is 15.0 Å². The van der Waals surface area contributed by atoms with Crippen LogP contribution in [0.4, 0.5) is 13.2 Å². The van der Waals surface area contributed by atoms with E-state index < -0.39 is 11.9 Å². The average molecular weight is 339 g/mol. The largest absolute Gasteiger partial charge is 0.433 e. The van der Waals surface area contributed by atoms with Gasteiger partial charge in [-0.3, -0.25) is 4.98 Å². The molecule has 0 fully saturated rings. The van der Waals surface area contributed by atoms with Crippen molar-refractivity contribution in [1.82, 2.24) is 15.0 Å². The molecule has 112 valence electrons. The van der Waals surface area contributed by atoms with E-state index in [2.05, 4.69) is 15.0 Å². The number of alkyl halides is 3. The summed E-state index contributed by atoms with van der Waals surface area (Å²) >= 11 is 2.63. The summed E-state index contributed by atoms with van der Waals surface area (Å²) in [6.07, 6.45) is -1.54. The average Bonchev–Trinajstić information content (AvgIpc) is 3.00. The van der Waals surface area contributed by atoms with Gasteiger partial charge in [-0.25, -0.2) is 9.97 Å². The van der Waals surface area contributed by atoms with E-state index in [1.165, 1.54) is 35.5 Å². The molecule has 0 bridgehead atoms. The second-order valence-corrected chi connectivity index (χ2v) is 6.45. The number of nitrogens with zero attached hydrogens (tertiary/aromatic N) is 3. The highest BCUT2D eigenvalue weighted by molar-refractivity contribution is 8.01. The maximum Gasteiger partial charge on any atom is 0.433 e. The lowest BCUT2D eigenvalue weighted by Crippen LogP contribution is -2.10. The summed E-state index contributed by atoms with van der Waals surface area (Å²) in [5, 5.41) is 2.12. The zero-order valence-electron chi connectivity index (χ0n) is 10.9. The predicted molar refractivity (Wildman–Crippen MR) is 78.7 cm³/mol. The molecule has 0 saturated heterocycles. The number of thiophene rings is 1. The molecule has 0 unspecified atom stereocenters. The molecule has 0 aromatic carbocycles. The number of rotatable bonds is 3. The van der Waals surface area contributed by atoms with Crippen LogP contribution in [0.3, 0.4) is 0 Å². The predicted octanol–water partition coefficient (Wildman–Crippen LogP) is 4.77. The Morgan fingerprint density at radius 2 is 1.82 bits per heavy atom. The van der Waals surface area contributed by atoms with Crippen LogP contribution in [0.1, 0.15) is 5.69 Å². The molecule has 0 aliphatic heterocycles. The molecule has 0 amide bonds. The number of pyridine rings is 1. The SMILES string of the molecule is FC(F)(F)c1cc(Sc2cccs2)nc(-c2ccncc2)n1. The third kappa shape index (κ3) is 3.45. The minimum Gasteiger partial charge on any atom is -0.265 e. The van der Waals surface area contributed by atoms with Crippen molar-refractivity contribution in [1.29, 1.82) is 0 Å². The smallest absolute Gasteiger partial charge is 0.265 e. The van der Waals surface area contributed by atoms with Crippen molar-refractivity contribution >= 4 is 23.1 Å². The molecule has 0 spiro atoms. The van der Waals surface area contributed by atoms with Crippen molar-refractivity contribution in [3.63, 3.8) is 0 Å². The quantitative estimate of drug-likeness (QED) is 0.644. The lowest BCUT2D eigenvalue weighted by molar-refractivity contribution is -0.141. The van der Waals surface area contributed by atoms with Crippen LogP contribution in [0.25, 0.3) is 11.4 Å². The van der Waals surface area contributed by atoms with Crippen LogP contribution in [0, 0.1) is 0 Å². The summed E-state index contributed by atoms with van der Waals surface area (Å²) in [6, 6.07) is 7.79. The topological polar surface area (TPSA) is 38.7 Å². The minimum absolute atomic E-state index is 0.0382. The molecule has 0 N–H and O–H groups in total. The first-order valence-electron chi connectivity index (χ1n) is 6.10. The summed E-state index contributed by atoms with van der Waals surface area (Å²) in [5.74, 6) is 0.0382. The number of hydrogen-bond acceptors (Lipinski definition) is 5. The summed E-state index contributed by atoms with van der Waals surface area (Å²) in [5.41, 5.74) is -0.456. The highest BCUT2D eigenvalue weighted by Gasteiger charge is 2.34. The molecule has 0 atom stereocenters. The standard InChI is InChI=1S/C14H8F3N3S2/c15-14(16,17)10-8-11(22-12-2-1-7-21-12)20-13(19-10)9-3-5-18-6-4-9/h1-8H. The second kappa shape index (κ2) is 6.05. The van der Waals surface area contributed by atoms with Gasteiger partial charge in [-0.1, -0.05) is 17.8 Å². The normalized spacial score (nSPS) is 11.6. The molecule has 22 heavy (non-hydrogen) atoms. The fourth-order valence-corrected chi connectivity index (χ4v) is 3.40. The van der Waals surface area contributed by atoms with Crippen molar-refractivity contribution in [2.75, 3.05) is 0 Å². The van der Waals surface area contributed by atoms with Gasteiger partial charge in [0.2, 0.25) is 0 Å². The van der Waals surface area contributed by atoms with Crippen LogP contribution in [0.15, 0.2) is 57.3 Å². The van der Waals surface area contributed by atoms with Crippen molar-refractivity contribution in [3.8, 4) is 11.4 Å². The third-order valence-electron chi connectivity index (χ3n) is 2.63. The number of aromatic nitrogens is 3. The fraction of sp³-hybridized carbons (Fsp3) is 0.0714. The highest BCUT2D eigenvalue weighted by Crippen LogP contribution is 2.35. The van der Waals surface area contributed by atoms with E-state index in [0.29, 0.717) is 5.56 Å². The van der Waals surface area contributed by atoms with Gasteiger partial charge in [-0.05, 0) is 23.6 Å². The minimum atomic E-state index is -4.52. The van der Waals surface area contributed by atoms with Crippen molar-refractivity contribution in [3.05, 3.63) is 53.8 Å². The Balaban J connectivity index is 2.06. The monoisotopic (exact) mass is 339 g/mol. The molecule has 3 nitrogen and oxygen atoms in total. The third-order valence-corrected chi connectivity index (χ3v) is 4.59. The molecular formula is C14H8F3N3S2. The molecule has 0 radical (unpaired) electrons. The first-order chi connectivity index (χ1) is 10.5. The molecule has 3 aromatic heterocycles. The molecule has 0 aliphatic carbocycles. The molecule has 0 saturated carbocycles. The van der Waals surface area contributed by atoms with Crippen LogP contribution in [-0.2, 0) is 6.18 Å². The van der Waals surface area contributed by atoms with E-state index in [1.807, 2.05) is 17.5 Å². The maximum atomic E-state index is 13.0. The van der Waals surface area contributed by atoms with Gasteiger partial charge in [0, 0.05) is 24.0 Å². The Hall–Kier alpha value is -1.93. The van der Waals surface area contributed by atoms with Gasteiger partial charge in [0.25, 0.3) is 0 Å². The van der Waals surface area contributed by atoms with Crippen molar-refractivity contribution in [2.24, 2.45) is 0 Å². The van der Waals surface area contributed by atoms with E-state index in [9.17, 15) is 13.2 Å². The molecule has 3 rings (SSSR count). The summed E-state index contributed by atoms with van der Waals surface area (Å²) in [4.78, 5) is 11.7. The van der Waals surface area contributed by atoms with Gasteiger partial charge in [-0.2, -0.15) is 13.2 Å². The molecule has 0 aliphatic rings. The summed E-state index contributed by atoms with van der Waals surface area (Å²) in [6.45, 7) is 0. The van der Waals surface area contributed by atoms with Gasteiger partial charge in [0.05, 0.1) is 4.21 Å².